The number of rotatable bonds is 5. The maximum atomic E-state index is 12.4. The molecule has 26 heavy (non-hydrogen) atoms. The lowest BCUT2D eigenvalue weighted by molar-refractivity contribution is -0.131. The number of nitrogens with one attached hydrogen (secondary N) is 1. The largest absolute Gasteiger partial charge is 0.431 e. The molecule has 2 heterocycles. The van der Waals surface area contributed by atoms with Crippen LogP contribution in [-0.4, -0.2) is 21.8 Å². The van der Waals surface area contributed by atoms with Crippen LogP contribution in [0.1, 0.15) is 28.9 Å². The van der Waals surface area contributed by atoms with Crippen LogP contribution in [0.25, 0.3) is 11.5 Å². The molecule has 0 saturated carbocycles. The lowest BCUT2D eigenvalue weighted by Gasteiger charge is -2.03. The topological polar surface area (TPSA) is 94.3 Å². The molecule has 0 unspecified atom stereocenters. The Morgan fingerprint density at radius 1 is 1.19 bits per heavy atom. The van der Waals surface area contributed by atoms with Crippen LogP contribution >= 0.6 is 0 Å². The van der Waals surface area contributed by atoms with Crippen molar-refractivity contribution in [2.24, 2.45) is 0 Å². The molecule has 0 aliphatic carbocycles. The number of nitrogens with zero attached hydrogens (tertiary/aromatic N) is 2. The van der Waals surface area contributed by atoms with E-state index in [1.54, 1.807) is 37.4 Å². The molecule has 7 nitrogen and oxygen atoms in total. The van der Waals surface area contributed by atoms with Gasteiger partial charge in [-0.05, 0) is 37.3 Å². The van der Waals surface area contributed by atoms with Gasteiger partial charge in [-0.15, -0.1) is 0 Å². The van der Waals surface area contributed by atoms with Crippen molar-refractivity contribution in [2.45, 2.75) is 20.4 Å². The van der Waals surface area contributed by atoms with Gasteiger partial charge in [0.25, 0.3) is 5.91 Å². The van der Waals surface area contributed by atoms with Crippen LogP contribution in [0.5, 0.6) is 5.75 Å². The van der Waals surface area contributed by atoms with E-state index in [0.717, 1.165) is 5.69 Å². The van der Waals surface area contributed by atoms with Crippen LogP contribution in [0, 0.1) is 6.92 Å². The summed E-state index contributed by atoms with van der Waals surface area (Å²) in [6.07, 6.45) is 1.66. The molecule has 0 spiro atoms. The molecule has 0 fully saturated rings. The normalized spacial score (nSPS) is 10.4. The molecule has 2 aromatic heterocycles. The van der Waals surface area contributed by atoms with Gasteiger partial charge in [0.2, 0.25) is 11.7 Å². The standard InChI is InChI=1S/C19H17N3O4/c1-12-17(18(24)21-11-15-7-3-4-9-20-15)26-19(22-12)14-6-5-8-16(10-14)25-13(2)23/h3-10H,11H2,1-2H3,(H,21,24). The van der Waals surface area contributed by atoms with Crippen molar-refractivity contribution in [3.05, 3.63) is 65.8 Å². The molecular formula is C19H17N3O4. The van der Waals surface area contributed by atoms with E-state index in [0.29, 0.717) is 17.0 Å². The molecule has 1 aromatic carbocycles. The summed E-state index contributed by atoms with van der Waals surface area (Å²) in [6.45, 7) is 3.31. The van der Waals surface area contributed by atoms with E-state index in [-0.39, 0.29) is 24.1 Å². The Bertz CT molecular complexity index is 935. The van der Waals surface area contributed by atoms with E-state index in [1.165, 1.54) is 6.92 Å². The number of amides is 1. The van der Waals surface area contributed by atoms with Crippen molar-refractivity contribution in [3.8, 4) is 17.2 Å². The summed E-state index contributed by atoms with van der Waals surface area (Å²) < 4.78 is 10.7. The number of benzene rings is 1. The Kier molecular flexibility index (Phi) is 5.07. The van der Waals surface area contributed by atoms with Gasteiger partial charge < -0.3 is 14.5 Å². The Hall–Kier alpha value is -3.48. The Balaban J connectivity index is 1.76. The predicted octanol–water partition coefficient (Wildman–Crippen LogP) is 2.90. The number of ether oxygens (including phenoxy) is 1. The van der Waals surface area contributed by atoms with Crippen LogP contribution in [-0.2, 0) is 11.3 Å². The van der Waals surface area contributed by atoms with Gasteiger partial charge in [0.05, 0.1) is 17.9 Å². The van der Waals surface area contributed by atoms with Crippen molar-refractivity contribution in [1.82, 2.24) is 15.3 Å². The first kappa shape index (κ1) is 17.3. The second-order valence-corrected chi connectivity index (χ2v) is 5.56. The zero-order valence-corrected chi connectivity index (χ0v) is 14.4. The molecule has 0 atom stereocenters. The highest BCUT2D eigenvalue weighted by Crippen LogP contribution is 2.25. The lowest BCUT2D eigenvalue weighted by atomic mass is 10.2. The van der Waals surface area contributed by atoms with Crippen molar-refractivity contribution in [3.63, 3.8) is 0 Å². The first-order valence-electron chi connectivity index (χ1n) is 7.97. The van der Waals surface area contributed by atoms with Crippen molar-refractivity contribution in [2.75, 3.05) is 0 Å². The lowest BCUT2D eigenvalue weighted by Crippen LogP contribution is -2.23. The van der Waals surface area contributed by atoms with E-state index >= 15 is 0 Å². The molecule has 3 rings (SSSR count). The molecule has 0 bridgehead atoms. The first-order valence-corrected chi connectivity index (χ1v) is 7.97. The highest BCUT2D eigenvalue weighted by molar-refractivity contribution is 5.92. The Labute approximate surface area is 150 Å². The van der Waals surface area contributed by atoms with Gasteiger partial charge in [0, 0.05) is 18.7 Å². The van der Waals surface area contributed by atoms with Gasteiger partial charge in [0.15, 0.2) is 0 Å². The molecule has 0 aliphatic rings. The van der Waals surface area contributed by atoms with Gasteiger partial charge in [-0.2, -0.15) is 0 Å². The van der Waals surface area contributed by atoms with E-state index in [2.05, 4.69) is 15.3 Å². The van der Waals surface area contributed by atoms with Crippen molar-refractivity contribution >= 4 is 11.9 Å². The Morgan fingerprint density at radius 2 is 2.04 bits per heavy atom. The quantitative estimate of drug-likeness (QED) is 0.561. The van der Waals surface area contributed by atoms with Crippen LogP contribution in [0.15, 0.2) is 53.1 Å². The summed E-state index contributed by atoms with van der Waals surface area (Å²) in [7, 11) is 0. The number of aromatic nitrogens is 2. The Morgan fingerprint density at radius 3 is 2.77 bits per heavy atom. The summed E-state index contributed by atoms with van der Waals surface area (Å²) in [5.74, 6) is 0.00341. The fraction of sp³-hybridized carbons (Fsp3) is 0.158. The summed E-state index contributed by atoms with van der Waals surface area (Å²) in [6, 6.07) is 12.2. The summed E-state index contributed by atoms with van der Waals surface area (Å²) >= 11 is 0. The molecule has 0 aliphatic heterocycles. The number of esters is 1. The van der Waals surface area contributed by atoms with Crippen LogP contribution in [0.2, 0.25) is 0 Å². The minimum atomic E-state index is -0.416. The second kappa shape index (κ2) is 7.60. The summed E-state index contributed by atoms with van der Waals surface area (Å²) in [5, 5.41) is 2.75. The maximum Gasteiger partial charge on any atom is 0.308 e. The molecule has 132 valence electrons. The summed E-state index contributed by atoms with van der Waals surface area (Å²) in [5.41, 5.74) is 1.82. The first-order chi connectivity index (χ1) is 12.5. The summed E-state index contributed by atoms with van der Waals surface area (Å²) in [4.78, 5) is 31.9. The molecule has 0 radical (unpaired) electrons. The fourth-order valence-electron chi connectivity index (χ4n) is 2.34. The number of oxazole rings is 1. The molecule has 0 saturated heterocycles. The smallest absolute Gasteiger partial charge is 0.308 e. The minimum Gasteiger partial charge on any atom is -0.431 e. The maximum absolute atomic E-state index is 12.4. The zero-order chi connectivity index (χ0) is 18.5. The molecule has 3 aromatic rings. The van der Waals surface area contributed by atoms with Crippen LogP contribution in [0.3, 0.4) is 0 Å². The number of carbonyl (C=O) groups excluding carboxylic acids is 2. The third-order valence-corrected chi connectivity index (χ3v) is 3.50. The molecule has 7 heteroatoms. The second-order valence-electron chi connectivity index (χ2n) is 5.56. The number of hydrogen-bond acceptors (Lipinski definition) is 6. The van der Waals surface area contributed by atoms with Gasteiger partial charge in [0.1, 0.15) is 5.75 Å². The van der Waals surface area contributed by atoms with Crippen molar-refractivity contribution < 1.29 is 18.7 Å². The number of carbonyl (C=O) groups is 2. The SMILES string of the molecule is CC(=O)Oc1cccc(-c2nc(C)c(C(=O)NCc3ccccn3)o2)c1. The predicted molar refractivity (Wildman–Crippen MR) is 93.4 cm³/mol. The van der Waals surface area contributed by atoms with Crippen molar-refractivity contribution in [1.29, 1.82) is 0 Å². The van der Waals surface area contributed by atoms with E-state index in [9.17, 15) is 9.59 Å². The molecule has 1 N–H and O–H groups in total. The van der Waals surface area contributed by atoms with E-state index < -0.39 is 5.97 Å². The fourth-order valence-corrected chi connectivity index (χ4v) is 2.34. The minimum absolute atomic E-state index is 0.133. The van der Waals surface area contributed by atoms with Gasteiger partial charge >= 0.3 is 5.97 Å². The van der Waals surface area contributed by atoms with Gasteiger partial charge in [-0.1, -0.05) is 12.1 Å². The molecule has 1 amide bonds. The monoisotopic (exact) mass is 351 g/mol. The average molecular weight is 351 g/mol. The highest BCUT2D eigenvalue weighted by atomic mass is 16.5. The third-order valence-electron chi connectivity index (χ3n) is 3.50. The van der Waals surface area contributed by atoms with Gasteiger partial charge in [-0.25, -0.2) is 4.98 Å². The highest BCUT2D eigenvalue weighted by Gasteiger charge is 2.18. The van der Waals surface area contributed by atoms with Gasteiger partial charge in [-0.3, -0.25) is 14.6 Å². The molecular weight excluding hydrogens is 334 g/mol. The number of aryl methyl sites for hydroxylation is 1. The van der Waals surface area contributed by atoms with Crippen LogP contribution in [0.4, 0.5) is 0 Å². The van der Waals surface area contributed by atoms with E-state index in [4.69, 9.17) is 9.15 Å². The number of hydrogen-bond donors (Lipinski definition) is 1. The number of pyridine rings is 1. The van der Waals surface area contributed by atoms with Crippen LogP contribution < -0.4 is 10.1 Å². The third kappa shape index (κ3) is 4.13. The zero-order valence-electron chi connectivity index (χ0n) is 14.4. The average Bonchev–Trinajstić information content (AvgIpc) is 3.02. The van der Waals surface area contributed by atoms with E-state index in [1.807, 2.05) is 18.2 Å².